The van der Waals surface area contributed by atoms with Gasteiger partial charge in [0.1, 0.15) is 0 Å². The third-order valence-electron chi connectivity index (χ3n) is 3.93. The van der Waals surface area contributed by atoms with Gasteiger partial charge >= 0.3 is 0 Å². The van der Waals surface area contributed by atoms with Gasteiger partial charge in [0.15, 0.2) is 0 Å². The Labute approximate surface area is 132 Å². The van der Waals surface area contributed by atoms with Crippen LogP contribution in [0, 0.1) is 18.3 Å². The minimum atomic E-state index is 0.289. The topological polar surface area (TPSA) is 29.9 Å². The Bertz CT molecular complexity index is 418. The summed E-state index contributed by atoms with van der Waals surface area (Å²) in [6.07, 6.45) is 2.25. The van der Waals surface area contributed by atoms with Crippen molar-refractivity contribution in [1.29, 1.82) is 0 Å². The summed E-state index contributed by atoms with van der Waals surface area (Å²) in [4.78, 5) is 0. The molecule has 1 atom stereocenters. The molecule has 1 rings (SSSR count). The number of rotatable bonds is 7. The van der Waals surface area contributed by atoms with Crippen LogP contribution in [-0.2, 0) is 13.0 Å². The lowest BCUT2D eigenvalue weighted by Gasteiger charge is -2.31. The number of nitrogens with one attached hydrogen (secondary N) is 1. The molecule has 1 aromatic heterocycles. The first kappa shape index (κ1) is 17.7. The molecule has 1 heterocycles. The summed E-state index contributed by atoms with van der Waals surface area (Å²) in [5.74, 6) is 0.603. The minimum absolute atomic E-state index is 0.289. The molecule has 0 radical (unpaired) electrons. The molecule has 1 aromatic rings. The highest BCUT2D eigenvalue weighted by Gasteiger charge is 2.27. The Morgan fingerprint density at radius 3 is 2.45 bits per heavy atom. The van der Waals surface area contributed by atoms with Crippen molar-refractivity contribution >= 4 is 15.9 Å². The van der Waals surface area contributed by atoms with E-state index in [2.05, 4.69) is 72.6 Å². The first-order valence-electron chi connectivity index (χ1n) is 7.73. The van der Waals surface area contributed by atoms with Crippen LogP contribution >= 0.6 is 15.9 Å². The number of hydrogen-bond acceptors (Lipinski definition) is 2. The molecular weight excluding hydrogens is 314 g/mol. The number of halogens is 1. The van der Waals surface area contributed by atoms with E-state index in [0.717, 1.165) is 31.7 Å². The van der Waals surface area contributed by atoms with E-state index in [1.165, 1.54) is 16.6 Å². The van der Waals surface area contributed by atoms with Gasteiger partial charge in [0.2, 0.25) is 0 Å². The van der Waals surface area contributed by atoms with Crippen LogP contribution in [0.1, 0.15) is 52.4 Å². The van der Waals surface area contributed by atoms with Gasteiger partial charge in [-0.1, -0.05) is 27.7 Å². The molecule has 1 N–H and O–H groups in total. The quantitative estimate of drug-likeness (QED) is 0.752. The van der Waals surface area contributed by atoms with Crippen LogP contribution in [-0.4, -0.2) is 22.9 Å². The van der Waals surface area contributed by atoms with E-state index in [9.17, 15) is 0 Å². The summed E-state index contributed by atoms with van der Waals surface area (Å²) in [5.41, 5.74) is 2.72. The van der Waals surface area contributed by atoms with Crippen molar-refractivity contribution in [3.05, 3.63) is 15.9 Å². The lowest BCUT2D eigenvalue weighted by molar-refractivity contribution is 0.227. The van der Waals surface area contributed by atoms with Crippen LogP contribution in [0.15, 0.2) is 4.47 Å². The van der Waals surface area contributed by atoms with E-state index in [-0.39, 0.29) is 5.41 Å². The van der Waals surface area contributed by atoms with E-state index in [1.54, 1.807) is 0 Å². The highest BCUT2D eigenvalue weighted by Crippen LogP contribution is 2.32. The SMILES string of the molecule is CCCNCC(Cc1c(Br)c(C)nn1CC)C(C)(C)C. The van der Waals surface area contributed by atoms with Crippen molar-refractivity contribution < 1.29 is 0 Å². The molecule has 0 aliphatic heterocycles. The van der Waals surface area contributed by atoms with E-state index in [4.69, 9.17) is 0 Å². The zero-order valence-corrected chi connectivity index (χ0v) is 15.5. The molecule has 3 nitrogen and oxygen atoms in total. The molecular formula is C16H30BrN3. The van der Waals surface area contributed by atoms with Gasteiger partial charge in [0.25, 0.3) is 0 Å². The maximum absolute atomic E-state index is 4.61. The highest BCUT2D eigenvalue weighted by atomic mass is 79.9. The lowest BCUT2D eigenvalue weighted by atomic mass is 9.78. The molecule has 0 amide bonds. The van der Waals surface area contributed by atoms with Crippen molar-refractivity contribution in [3.8, 4) is 0 Å². The lowest BCUT2D eigenvalue weighted by Crippen LogP contribution is -2.34. The Balaban J connectivity index is 2.89. The molecule has 0 bridgehead atoms. The average Bonchev–Trinajstić information content (AvgIpc) is 2.64. The van der Waals surface area contributed by atoms with Crippen LogP contribution in [0.2, 0.25) is 0 Å². The summed E-state index contributed by atoms with van der Waals surface area (Å²) in [5, 5.41) is 8.19. The van der Waals surface area contributed by atoms with Gasteiger partial charge in [-0.25, -0.2) is 0 Å². The smallest absolute Gasteiger partial charge is 0.0738 e. The van der Waals surface area contributed by atoms with Gasteiger partial charge in [-0.15, -0.1) is 0 Å². The van der Waals surface area contributed by atoms with Gasteiger partial charge in [0, 0.05) is 6.54 Å². The second kappa shape index (κ2) is 7.60. The fraction of sp³-hybridized carbons (Fsp3) is 0.812. The van der Waals surface area contributed by atoms with Crippen molar-refractivity contribution in [2.75, 3.05) is 13.1 Å². The van der Waals surface area contributed by atoms with Gasteiger partial charge < -0.3 is 5.32 Å². The fourth-order valence-corrected chi connectivity index (χ4v) is 2.88. The maximum atomic E-state index is 4.61. The minimum Gasteiger partial charge on any atom is -0.316 e. The van der Waals surface area contributed by atoms with Crippen molar-refractivity contribution in [3.63, 3.8) is 0 Å². The molecule has 0 fully saturated rings. The summed E-state index contributed by atoms with van der Waals surface area (Å²) in [6.45, 7) is 16.5. The Hall–Kier alpha value is -0.350. The summed E-state index contributed by atoms with van der Waals surface area (Å²) < 4.78 is 3.32. The number of aromatic nitrogens is 2. The van der Waals surface area contributed by atoms with E-state index in [0.29, 0.717) is 5.92 Å². The number of aryl methyl sites for hydroxylation is 2. The molecule has 0 saturated carbocycles. The van der Waals surface area contributed by atoms with Crippen molar-refractivity contribution in [1.82, 2.24) is 15.1 Å². The van der Waals surface area contributed by atoms with Crippen LogP contribution in [0.5, 0.6) is 0 Å². The van der Waals surface area contributed by atoms with Crippen molar-refractivity contribution in [2.24, 2.45) is 11.3 Å². The monoisotopic (exact) mass is 343 g/mol. The molecule has 4 heteroatoms. The Morgan fingerprint density at radius 2 is 1.95 bits per heavy atom. The predicted octanol–water partition coefficient (Wildman–Crippen LogP) is 4.18. The normalized spacial score (nSPS) is 13.8. The van der Waals surface area contributed by atoms with E-state index in [1.807, 2.05) is 0 Å². The van der Waals surface area contributed by atoms with Gasteiger partial charge in [0.05, 0.1) is 15.9 Å². The fourth-order valence-electron chi connectivity index (χ4n) is 2.44. The van der Waals surface area contributed by atoms with Crippen LogP contribution < -0.4 is 5.32 Å². The van der Waals surface area contributed by atoms with Crippen LogP contribution in [0.3, 0.4) is 0 Å². The zero-order valence-electron chi connectivity index (χ0n) is 13.9. The molecule has 0 spiro atoms. The van der Waals surface area contributed by atoms with Crippen molar-refractivity contribution in [2.45, 2.75) is 60.9 Å². The molecule has 116 valence electrons. The van der Waals surface area contributed by atoms with E-state index < -0.39 is 0 Å². The average molecular weight is 344 g/mol. The summed E-state index contributed by atoms with van der Waals surface area (Å²) in [6, 6.07) is 0. The van der Waals surface area contributed by atoms with Gasteiger partial charge in [-0.3, -0.25) is 4.68 Å². The van der Waals surface area contributed by atoms with Gasteiger partial charge in [-0.05, 0) is 67.0 Å². The number of hydrogen-bond donors (Lipinski definition) is 1. The zero-order chi connectivity index (χ0) is 15.3. The second-order valence-corrected chi connectivity index (χ2v) is 7.43. The number of nitrogens with zero attached hydrogens (tertiary/aromatic N) is 2. The van der Waals surface area contributed by atoms with Crippen LogP contribution in [0.25, 0.3) is 0 Å². The Kier molecular flexibility index (Phi) is 6.73. The predicted molar refractivity (Wildman–Crippen MR) is 90.1 cm³/mol. The molecule has 20 heavy (non-hydrogen) atoms. The third-order valence-corrected chi connectivity index (χ3v) is 4.97. The second-order valence-electron chi connectivity index (χ2n) is 6.63. The van der Waals surface area contributed by atoms with Crippen LogP contribution in [0.4, 0.5) is 0 Å². The standard InChI is InChI=1S/C16H30BrN3/c1-7-9-18-11-13(16(4,5)6)10-14-15(17)12(3)19-20(14)8-2/h13,18H,7-11H2,1-6H3. The maximum Gasteiger partial charge on any atom is 0.0738 e. The largest absolute Gasteiger partial charge is 0.316 e. The molecule has 0 aliphatic rings. The summed E-state index contributed by atoms with van der Waals surface area (Å²) >= 11 is 3.72. The molecule has 0 aliphatic carbocycles. The molecule has 0 saturated heterocycles. The van der Waals surface area contributed by atoms with E-state index >= 15 is 0 Å². The first-order valence-corrected chi connectivity index (χ1v) is 8.53. The molecule has 1 unspecified atom stereocenters. The molecule has 0 aromatic carbocycles. The highest BCUT2D eigenvalue weighted by molar-refractivity contribution is 9.10. The third kappa shape index (κ3) is 4.59. The summed E-state index contributed by atoms with van der Waals surface area (Å²) in [7, 11) is 0. The van der Waals surface area contributed by atoms with Gasteiger partial charge in [-0.2, -0.15) is 5.10 Å². The first-order chi connectivity index (χ1) is 9.31. The Morgan fingerprint density at radius 1 is 1.30 bits per heavy atom.